The number of benzene rings is 4. The van der Waals surface area contributed by atoms with Crippen LogP contribution >= 0.6 is 34.8 Å². The number of nitrogens with zero attached hydrogens (tertiary/aromatic N) is 2. The molecule has 0 unspecified atom stereocenters. The van der Waals surface area contributed by atoms with Crippen molar-refractivity contribution in [3.63, 3.8) is 0 Å². The molecule has 0 aliphatic carbocycles. The van der Waals surface area contributed by atoms with Gasteiger partial charge in [-0.3, -0.25) is 13.9 Å². The first-order chi connectivity index (χ1) is 21.0. The summed E-state index contributed by atoms with van der Waals surface area (Å²) in [5, 5.41) is 3.72. The smallest absolute Gasteiger partial charge is 0.264 e. The highest BCUT2D eigenvalue weighted by atomic mass is 35.5. The summed E-state index contributed by atoms with van der Waals surface area (Å²) < 4.78 is 29.0. The van der Waals surface area contributed by atoms with Gasteiger partial charge in [0.05, 0.1) is 10.6 Å². The van der Waals surface area contributed by atoms with Crippen molar-refractivity contribution in [3.8, 4) is 0 Å². The Kier molecular flexibility index (Phi) is 11.3. The van der Waals surface area contributed by atoms with Crippen molar-refractivity contribution in [2.75, 3.05) is 10.8 Å². The molecular weight excluding hydrogens is 641 g/mol. The van der Waals surface area contributed by atoms with E-state index < -0.39 is 28.5 Å². The molecule has 4 aromatic carbocycles. The highest BCUT2D eigenvalue weighted by Crippen LogP contribution is 2.30. The van der Waals surface area contributed by atoms with Crippen LogP contribution in [0.5, 0.6) is 0 Å². The van der Waals surface area contributed by atoms with Crippen molar-refractivity contribution in [1.29, 1.82) is 0 Å². The van der Waals surface area contributed by atoms with Gasteiger partial charge in [0.1, 0.15) is 12.6 Å². The van der Waals surface area contributed by atoms with Crippen LogP contribution in [0.15, 0.2) is 108 Å². The lowest BCUT2D eigenvalue weighted by Gasteiger charge is -2.34. The Labute approximate surface area is 273 Å². The Morgan fingerprint density at radius 1 is 0.795 bits per heavy atom. The molecule has 1 atom stereocenters. The summed E-state index contributed by atoms with van der Waals surface area (Å²) >= 11 is 19.1. The van der Waals surface area contributed by atoms with Gasteiger partial charge in [-0.25, -0.2) is 8.42 Å². The predicted octanol–water partition coefficient (Wildman–Crippen LogP) is 7.01. The van der Waals surface area contributed by atoms with Crippen LogP contribution in [0.2, 0.25) is 15.1 Å². The molecule has 0 fully saturated rings. The van der Waals surface area contributed by atoms with Crippen molar-refractivity contribution in [2.24, 2.45) is 0 Å². The van der Waals surface area contributed by atoms with E-state index in [1.165, 1.54) is 35.2 Å². The molecule has 4 rings (SSSR count). The molecule has 0 saturated heterocycles. The lowest BCUT2D eigenvalue weighted by molar-refractivity contribution is -0.140. The van der Waals surface area contributed by atoms with Gasteiger partial charge in [0.2, 0.25) is 11.8 Å². The number of sulfonamides is 1. The quantitative estimate of drug-likeness (QED) is 0.176. The van der Waals surface area contributed by atoms with E-state index in [1.54, 1.807) is 42.5 Å². The van der Waals surface area contributed by atoms with E-state index in [-0.39, 0.29) is 45.5 Å². The van der Waals surface area contributed by atoms with Crippen LogP contribution in [-0.2, 0) is 32.6 Å². The highest BCUT2D eigenvalue weighted by Gasteiger charge is 2.35. The Hall–Kier alpha value is -3.56. The maximum atomic E-state index is 14.4. The summed E-state index contributed by atoms with van der Waals surface area (Å²) in [6.07, 6.45) is 0.185. The van der Waals surface area contributed by atoms with Gasteiger partial charge >= 0.3 is 0 Å². The average Bonchev–Trinajstić information content (AvgIpc) is 2.98. The molecule has 0 bridgehead atoms. The van der Waals surface area contributed by atoms with Crippen molar-refractivity contribution in [3.05, 3.63) is 129 Å². The molecule has 0 spiro atoms. The minimum Gasteiger partial charge on any atom is -0.352 e. The second-order valence-corrected chi connectivity index (χ2v) is 13.6. The Morgan fingerprint density at radius 3 is 1.95 bits per heavy atom. The lowest BCUT2D eigenvalue weighted by atomic mass is 10.0. The maximum Gasteiger partial charge on any atom is 0.264 e. The van der Waals surface area contributed by atoms with Gasteiger partial charge in [0.25, 0.3) is 10.0 Å². The van der Waals surface area contributed by atoms with Crippen molar-refractivity contribution >= 4 is 62.3 Å². The van der Waals surface area contributed by atoms with E-state index in [0.717, 1.165) is 9.87 Å². The average molecular weight is 673 g/mol. The summed E-state index contributed by atoms with van der Waals surface area (Å²) in [7, 11) is -4.28. The van der Waals surface area contributed by atoms with Crippen LogP contribution in [0.4, 0.5) is 5.69 Å². The zero-order valence-corrected chi connectivity index (χ0v) is 27.2. The number of amides is 2. The molecule has 0 radical (unpaired) electrons. The van der Waals surface area contributed by atoms with Gasteiger partial charge in [-0.1, -0.05) is 102 Å². The Bertz CT molecular complexity index is 1680. The maximum absolute atomic E-state index is 14.4. The number of anilines is 1. The monoisotopic (exact) mass is 671 g/mol. The molecule has 0 aromatic heterocycles. The molecule has 0 saturated carbocycles. The normalized spacial score (nSPS) is 12.0. The standard InChI is InChI=1S/C33H32Cl3N3O4S/c1-23(2)37-33(41)31(17-24-11-5-3-6-12-24)38(21-25-13-9-10-16-30(25)36)32(40)22-39(28-19-26(34)18-27(35)20-28)44(42,43)29-14-7-4-8-15-29/h3-16,18-20,23,31H,17,21-22H2,1-2H3,(H,37,41)/t31-/m0/s1. The van der Waals surface area contributed by atoms with Gasteiger partial charge in [0.15, 0.2) is 0 Å². The van der Waals surface area contributed by atoms with Crippen molar-refractivity contribution in [2.45, 2.75) is 43.8 Å². The zero-order valence-electron chi connectivity index (χ0n) is 24.2. The van der Waals surface area contributed by atoms with Gasteiger partial charge in [0, 0.05) is 34.1 Å². The number of nitrogens with one attached hydrogen (secondary N) is 1. The van der Waals surface area contributed by atoms with Crippen LogP contribution in [0.25, 0.3) is 0 Å². The minimum absolute atomic E-state index is 0.0278. The van der Waals surface area contributed by atoms with Crippen LogP contribution in [-0.4, -0.2) is 43.8 Å². The zero-order chi connectivity index (χ0) is 31.9. The minimum atomic E-state index is -4.28. The summed E-state index contributed by atoms with van der Waals surface area (Å²) in [6.45, 7) is 2.97. The van der Waals surface area contributed by atoms with Crippen molar-refractivity contribution in [1.82, 2.24) is 10.2 Å². The molecule has 11 heteroatoms. The molecule has 0 heterocycles. The molecule has 7 nitrogen and oxygen atoms in total. The Balaban J connectivity index is 1.83. The van der Waals surface area contributed by atoms with Crippen LogP contribution in [0, 0.1) is 0 Å². The van der Waals surface area contributed by atoms with E-state index in [4.69, 9.17) is 34.8 Å². The third kappa shape index (κ3) is 8.54. The van der Waals surface area contributed by atoms with E-state index in [0.29, 0.717) is 10.6 Å². The number of rotatable bonds is 12. The van der Waals surface area contributed by atoms with Crippen LogP contribution < -0.4 is 9.62 Å². The van der Waals surface area contributed by atoms with Gasteiger partial charge < -0.3 is 10.2 Å². The van der Waals surface area contributed by atoms with Gasteiger partial charge in [-0.15, -0.1) is 0 Å². The lowest BCUT2D eigenvalue weighted by Crippen LogP contribution is -2.54. The first-order valence-corrected chi connectivity index (χ1v) is 16.4. The van der Waals surface area contributed by atoms with E-state index >= 15 is 0 Å². The largest absolute Gasteiger partial charge is 0.352 e. The fourth-order valence-corrected chi connectivity index (χ4v) is 6.81. The second kappa shape index (κ2) is 14.9. The molecule has 1 N–H and O–H groups in total. The molecule has 230 valence electrons. The van der Waals surface area contributed by atoms with E-state index in [2.05, 4.69) is 5.32 Å². The summed E-state index contributed by atoms with van der Waals surface area (Å²) in [5.41, 5.74) is 1.52. The third-order valence-electron chi connectivity index (χ3n) is 6.75. The predicted molar refractivity (Wildman–Crippen MR) is 177 cm³/mol. The van der Waals surface area contributed by atoms with E-state index in [9.17, 15) is 18.0 Å². The first kappa shape index (κ1) is 33.3. The van der Waals surface area contributed by atoms with Crippen molar-refractivity contribution < 1.29 is 18.0 Å². The third-order valence-corrected chi connectivity index (χ3v) is 9.34. The number of carbonyl (C=O) groups excluding carboxylic acids is 2. The van der Waals surface area contributed by atoms with E-state index in [1.807, 2.05) is 44.2 Å². The van der Waals surface area contributed by atoms with Gasteiger partial charge in [-0.2, -0.15) is 0 Å². The Morgan fingerprint density at radius 2 is 1.36 bits per heavy atom. The summed E-state index contributed by atoms with van der Waals surface area (Å²) in [4.78, 5) is 29.5. The molecule has 0 aliphatic heterocycles. The molecule has 2 amide bonds. The topological polar surface area (TPSA) is 86.8 Å². The first-order valence-electron chi connectivity index (χ1n) is 13.9. The number of hydrogen-bond donors (Lipinski definition) is 1. The number of halogens is 3. The van der Waals surface area contributed by atoms with Crippen LogP contribution in [0.3, 0.4) is 0 Å². The molecule has 44 heavy (non-hydrogen) atoms. The number of carbonyl (C=O) groups is 2. The molecule has 4 aromatic rings. The fraction of sp³-hybridized carbons (Fsp3) is 0.212. The number of hydrogen-bond acceptors (Lipinski definition) is 4. The summed E-state index contributed by atoms with van der Waals surface area (Å²) in [5.74, 6) is -1.01. The molecule has 0 aliphatic rings. The van der Waals surface area contributed by atoms with Crippen LogP contribution in [0.1, 0.15) is 25.0 Å². The fourth-order valence-electron chi connectivity index (χ4n) is 4.68. The highest BCUT2D eigenvalue weighted by molar-refractivity contribution is 7.92. The van der Waals surface area contributed by atoms with Gasteiger partial charge in [-0.05, 0) is 61.4 Å². The molecular formula is C33H32Cl3N3O4S. The SMILES string of the molecule is CC(C)NC(=O)[C@H](Cc1ccccc1)N(Cc1ccccc1Cl)C(=O)CN(c1cc(Cl)cc(Cl)c1)S(=O)(=O)c1ccccc1. The summed E-state index contributed by atoms with van der Waals surface area (Å²) in [6, 6.07) is 27.2. The second-order valence-electron chi connectivity index (χ2n) is 10.4.